The average molecular weight is 133 g/mol. The Hall–Kier alpha value is -0.500. The molecule has 0 aromatic carbocycles. The van der Waals surface area contributed by atoms with Crippen molar-refractivity contribution >= 4 is 17.3 Å². The Balaban J connectivity index is 3.80. The Kier molecular flexibility index (Phi) is 3.28. The fraction of sp³-hybridized carbons (Fsp3) is 0.400. The Labute approximate surface area is 54.0 Å². The normalized spacial score (nSPS) is 11.1. The molecule has 0 atom stereocenters. The van der Waals surface area contributed by atoms with Crippen molar-refractivity contribution in [1.29, 1.82) is 5.41 Å². The van der Waals surface area contributed by atoms with Crippen molar-refractivity contribution in [2.75, 3.05) is 7.05 Å². The maximum absolute atomic E-state index is 6.96. The Morgan fingerprint density at radius 1 is 1.75 bits per heavy atom. The first-order valence-electron chi connectivity index (χ1n) is 2.27. The molecule has 0 aromatic rings. The summed E-state index contributed by atoms with van der Waals surface area (Å²) in [6.07, 6.45) is 1.57. The lowest BCUT2D eigenvalue weighted by Gasteiger charge is -1.91. The van der Waals surface area contributed by atoms with E-state index in [1.54, 1.807) is 20.2 Å². The summed E-state index contributed by atoms with van der Waals surface area (Å²) in [7, 11) is 1.74. The second-order valence-electron chi connectivity index (χ2n) is 1.41. The van der Waals surface area contributed by atoms with E-state index in [2.05, 4.69) is 5.32 Å². The summed E-state index contributed by atoms with van der Waals surface area (Å²) >= 11 is 5.49. The molecule has 2 N–H and O–H groups in total. The highest BCUT2D eigenvalue weighted by Gasteiger charge is 1.89. The van der Waals surface area contributed by atoms with Crippen molar-refractivity contribution < 1.29 is 0 Å². The SMILES string of the molecule is CN/C=C(/Cl)C(C)=N. The van der Waals surface area contributed by atoms with Gasteiger partial charge in [-0.05, 0) is 6.92 Å². The smallest absolute Gasteiger partial charge is 0.0767 e. The largest absolute Gasteiger partial charge is 0.393 e. The molecule has 0 bridgehead atoms. The van der Waals surface area contributed by atoms with Crippen LogP contribution in [0.2, 0.25) is 0 Å². The number of hydrogen-bond donors (Lipinski definition) is 2. The molecule has 46 valence electrons. The van der Waals surface area contributed by atoms with Crippen LogP contribution in [0.5, 0.6) is 0 Å². The maximum atomic E-state index is 6.96. The molecular formula is C5H9ClN2. The molecule has 0 aliphatic heterocycles. The lowest BCUT2D eigenvalue weighted by atomic mass is 10.4. The molecule has 0 rings (SSSR count). The van der Waals surface area contributed by atoms with Gasteiger partial charge in [-0.1, -0.05) is 11.6 Å². The van der Waals surface area contributed by atoms with Gasteiger partial charge in [-0.25, -0.2) is 0 Å². The van der Waals surface area contributed by atoms with Crippen LogP contribution < -0.4 is 5.32 Å². The lowest BCUT2D eigenvalue weighted by molar-refractivity contribution is 1.10. The molecule has 0 aliphatic rings. The first-order valence-corrected chi connectivity index (χ1v) is 2.64. The number of halogens is 1. The van der Waals surface area contributed by atoms with Crippen LogP contribution in [-0.2, 0) is 0 Å². The molecule has 2 nitrogen and oxygen atoms in total. The van der Waals surface area contributed by atoms with E-state index in [-0.39, 0.29) is 0 Å². The van der Waals surface area contributed by atoms with Gasteiger partial charge < -0.3 is 10.7 Å². The van der Waals surface area contributed by atoms with Gasteiger partial charge in [-0.2, -0.15) is 0 Å². The van der Waals surface area contributed by atoms with Gasteiger partial charge >= 0.3 is 0 Å². The summed E-state index contributed by atoms with van der Waals surface area (Å²) < 4.78 is 0. The van der Waals surface area contributed by atoms with Crippen LogP contribution in [0.4, 0.5) is 0 Å². The van der Waals surface area contributed by atoms with E-state index >= 15 is 0 Å². The first kappa shape index (κ1) is 7.50. The van der Waals surface area contributed by atoms with E-state index in [0.717, 1.165) is 0 Å². The highest BCUT2D eigenvalue weighted by Crippen LogP contribution is 1.98. The molecule has 0 amide bonds. The van der Waals surface area contributed by atoms with E-state index < -0.39 is 0 Å². The van der Waals surface area contributed by atoms with E-state index in [1.165, 1.54) is 0 Å². The van der Waals surface area contributed by atoms with Crippen molar-refractivity contribution in [2.24, 2.45) is 0 Å². The predicted molar refractivity (Wildman–Crippen MR) is 36.4 cm³/mol. The van der Waals surface area contributed by atoms with Gasteiger partial charge in [0, 0.05) is 19.0 Å². The van der Waals surface area contributed by atoms with E-state index in [4.69, 9.17) is 17.0 Å². The molecule has 0 saturated heterocycles. The quantitative estimate of drug-likeness (QED) is 0.547. The number of rotatable bonds is 2. The summed E-state index contributed by atoms with van der Waals surface area (Å²) in [5.41, 5.74) is 0.376. The second-order valence-corrected chi connectivity index (χ2v) is 1.81. The highest BCUT2D eigenvalue weighted by atomic mass is 35.5. The van der Waals surface area contributed by atoms with Gasteiger partial charge in [-0.15, -0.1) is 0 Å². The van der Waals surface area contributed by atoms with Gasteiger partial charge in [0.1, 0.15) is 0 Å². The Morgan fingerprint density at radius 3 is 2.38 bits per heavy atom. The van der Waals surface area contributed by atoms with Gasteiger partial charge in [0.15, 0.2) is 0 Å². The van der Waals surface area contributed by atoms with Gasteiger partial charge in [0.05, 0.1) is 5.03 Å². The summed E-state index contributed by atoms with van der Waals surface area (Å²) in [6, 6.07) is 0. The first-order chi connectivity index (χ1) is 3.68. The van der Waals surface area contributed by atoms with Crippen LogP contribution in [0, 0.1) is 5.41 Å². The Morgan fingerprint density at radius 2 is 2.25 bits per heavy atom. The predicted octanol–water partition coefficient (Wildman–Crippen LogP) is 1.33. The van der Waals surface area contributed by atoms with E-state index in [0.29, 0.717) is 10.7 Å². The van der Waals surface area contributed by atoms with Crippen molar-refractivity contribution in [1.82, 2.24) is 5.32 Å². The topological polar surface area (TPSA) is 35.9 Å². The van der Waals surface area contributed by atoms with Crippen molar-refractivity contribution in [3.63, 3.8) is 0 Å². The summed E-state index contributed by atoms with van der Waals surface area (Å²) in [4.78, 5) is 0. The van der Waals surface area contributed by atoms with E-state index in [1.807, 2.05) is 0 Å². The van der Waals surface area contributed by atoms with Crippen LogP contribution in [0.3, 0.4) is 0 Å². The monoisotopic (exact) mass is 132 g/mol. The fourth-order valence-corrected chi connectivity index (χ4v) is 0.344. The third-order valence-electron chi connectivity index (χ3n) is 0.629. The van der Waals surface area contributed by atoms with Gasteiger partial charge in [0.25, 0.3) is 0 Å². The van der Waals surface area contributed by atoms with Gasteiger partial charge in [0.2, 0.25) is 0 Å². The van der Waals surface area contributed by atoms with E-state index in [9.17, 15) is 0 Å². The molecule has 0 aromatic heterocycles. The molecule has 0 fully saturated rings. The number of hydrogen-bond acceptors (Lipinski definition) is 2. The molecule has 0 saturated carbocycles. The maximum Gasteiger partial charge on any atom is 0.0767 e. The molecule has 0 spiro atoms. The van der Waals surface area contributed by atoms with Crippen LogP contribution >= 0.6 is 11.6 Å². The zero-order valence-corrected chi connectivity index (χ0v) is 5.71. The summed E-state index contributed by atoms with van der Waals surface area (Å²) in [5, 5.41) is 10.1. The molecule has 0 heterocycles. The fourth-order valence-electron chi connectivity index (χ4n) is 0.235. The minimum Gasteiger partial charge on any atom is -0.393 e. The highest BCUT2D eigenvalue weighted by molar-refractivity contribution is 6.42. The molecule has 8 heavy (non-hydrogen) atoms. The zero-order valence-electron chi connectivity index (χ0n) is 4.96. The molecular weight excluding hydrogens is 124 g/mol. The molecule has 0 radical (unpaired) electrons. The van der Waals surface area contributed by atoms with Crippen LogP contribution in [0.15, 0.2) is 11.2 Å². The van der Waals surface area contributed by atoms with Crippen LogP contribution in [0.1, 0.15) is 6.92 Å². The third-order valence-corrected chi connectivity index (χ3v) is 1.02. The summed E-state index contributed by atoms with van der Waals surface area (Å²) in [6.45, 7) is 1.64. The minimum atomic E-state index is 0.376. The van der Waals surface area contributed by atoms with Crippen molar-refractivity contribution in [2.45, 2.75) is 6.92 Å². The standard InChI is InChI=1S/C5H9ClN2/c1-4(7)5(6)3-8-2/h3,7-8H,1-2H3/b5-3+,7-4?. The van der Waals surface area contributed by atoms with Crippen LogP contribution in [-0.4, -0.2) is 12.8 Å². The number of allylic oxidation sites excluding steroid dienone is 1. The zero-order chi connectivity index (χ0) is 6.57. The minimum absolute atomic E-state index is 0.376. The lowest BCUT2D eigenvalue weighted by Crippen LogP contribution is -1.97. The second kappa shape index (κ2) is 3.50. The summed E-state index contributed by atoms with van der Waals surface area (Å²) in [5.74, 6) is 0. The Bertz CT molecular complexity index is 118. The number of nitrogens with one attached hydrogen (secondary N) is 2. The van der Waals surface area contributed by atoms with Crippen molar-refractivity contribution in [3.8, 4) is 0 Å². The molecule has 0 unspecified atom stereocenters. The average Bonchev–Trinajstić information content (AvgIpc) is 1.67. The van der Waals surface area contributed by atoms with Crippen molar-refractivity contribution in [3.05, 3.63) is 11.2 Å². The van der Waals surface area contributed by atoms with Crippen LogP contribution in [0.25, 0.3) is 0 Å². The molecule has 0 aliphatic carbocycles. The van der Waals surface area contributed by atoms with Gasteiger partial charge in [-0.3, -0.25) is 0 Å². The third kappa shape index (κ3) is 2.64. The molecule has 3 heteroatoms.